The zero-order chi connectivity index (χ0) is 18.4. The van der Waals surface area contributed by atoms with Crippen LogP contribution in [0, 0.1) is 6.92 Å². The van der Waals surface area contributed by atoms with Gasteiger partial charge in [0.1, 0.15) is 5.69 Å². The van der Waals surface area contributed by atoms with Crippen molar-refractivity contribution in [1.82, 2.24) is 20.3 Å². The first-order valence-electron chi connectivity index (χ1n) is 8.45. The van der Waals surface area contributed by atoms with Crippen molar-refractivity contribution in [2.75, 3.05) is 6.54 Å². The van der Waals surface area contributed by atoms with Gasteiger partial charge in [-0.25, -0.2) is 4.98 Å². The standard InChI is InChI=1S/C20H20N4O2/c1-14-16(13-18(25)22-12-10-15-7-3-2-4-8-15)20(26)24-19(23-14)17-9-5-6-11-21-17/h2-9,11H,10,12-13H2,1H3,(H,22,25)(H,23,24,26). The normalized spacial score (nSPS) is 10.5. The highest BCUT2D eigenvalue weighted by atomic mass is 16.2. The van der Waals surface area contributed by atoms with Gasteiger partial charge in [0.15, 0.2) is 5.82 Å². The van der Waals surface area contributed by atoms with Crippen molar-refractivity contribution in [1.29, 1.82) is 0 Å². The average molecular weight is 348 g/mol. The lowest BCUT2D eigenvalue weighted by Crippen LogP contribution is -2.30. The van der Waals surface area contributed by atoms with E-state index in [1.807, 2.05) is 36.4 Å². The van der Waals surface area contributed by atoms with E-state index in [4.69, 9.17) is 0 Å². The molecule has 0 spiro atoms. The second-order valence-corrected chi connectivity index (χ2v) is 5.96. The summed E-state index contributed by atoms with van der Waals surface area (Å²) in [6.07, 6.45) is 2.39. The second-order valence-electron chi connectivity index (χ2n) is 5.96. The minimum absolute atomic E-state index is 0.00541. The van der Waals surface area contributed by atoms with E-state index in [1.165, 1.54) is 0 Å². The predicted octanol–water partition coefficient (Wildman–Crippen LogP) is 2.04. The number of rotatable bonds is 6. The zero-order valence-corrected chi connectivity index (χ0v) is 14.5. The lowest BCUT2D eigenvalue weighted by atomic mass is 10.1. The van der Waals surface area contributed by atoms with Crippen LogP contribution in [-0.2, 0) is 17.6 Å². The van der Waals surface area contributed by atoms with E-state index in [2.05, 4.69) is 20.3 Å². The van der Waals surface area contributed by atoms with Gasteiger partial charge >= 0.3 is 0 Å². The molecule has 3 rings (SSSR count). The van der Waals surface area contributed by atoms with Gasteiger partial charge in [0.05, 0.1) is 6.42 Å². The Kier molecular flexibility index (Phi) is 5.53. The van der Waals surface area contributed by atoms with Crippen molar-refractivity contribution < 1.29 is 4.79 Å². The molecule has 0 fully saturated rings. The summed E-state index contributed by atoms with van der Waals surface area (Å²) in [5.41, 5.74) is 2.35. The summed E-state index contributed by atoms with van der Waals surface area (Å²) in [5.74, 6) is 0.211. The molecule has 0 atom stereocenters. The molecule has 1 aromatic carbocycles. The van der Waals surface area contributed by atoms with E-state index >= 15 is 0 Å². The molecule has 0 aliphatic rings. The average Bonchev–Trinajstić information content (AvgIpc) is 2.66. The molecule has 2 heterocycles. The van der Waals surface area contributed by atoms with Crippen LogP contribution >= 0.6 is 0 Å². The Morgan fingerprint density at radius 3 is 2.58 bits per heavy atom. The number of hydrogen-bond acceptors (Lipinski definition) is 4. The molecule has 0 radical (unpaired) electrons. The molecule has 2 N–H and O–H groups in total. The third-order valence-electron chi connectivity index (χ3n) is 4.05. The fraction of sp³-hybridized carbons (Fsp3) is 0.200. The van der Waals surface area contributed by atoms with Crippen molar-refractivity contribution in [3.05, 3.63) is 81.9 Å². The third-order valence-corrected chi connectivity index (χ3v) is 4.05. The maximum Gasteiger partial charge on any atom is 0.255 e. The Labute approximate surface area is 151 Å². The number of amides is 1. The highest BCUT2D eigenvalue weighted by Crippen LogP contribution is 2.11. The summed E-state index contributed by atoms with van der Waals surface area (Å²) >= 11 is 0. The van der Waals surface area contributed by atoms with Crippen LogP contribution in [0.25, 0.3) is 11.5 Å². The van der Waals surface area contributed by atoms with Gasteiger partial charge < -0.3 is 10.3 Å². The van der Waals surface area contributed by atoms with Crippen molar-refractivity contribution in [3.63, 3.8) is 0 Å². The molecule has 3 aromatic rings. The van der Waals surface area contributed by atoms with Crippen molar-refractivity contribution >= 4 is 5.91 Å². The molecule has 1 amide bonds. The molecule has 0 saturated heterocycles. The number of aromatic nitrogens is 3. The molecular weight excluding hydrogens is 328 g/mol. The predicted molar refractivity (Wildman–Crippen MR) is 99.7 cm³/mol. The van der Waals surface area contributed by atoms with E-state index in [9.17, 15) is 9.59 Å². The SMILES string of the molecule is Cc1nc(-c2ccccn2)[nH]c(=O)c1CC(=O)NCCc1ccccc1. The topological polar surface area (TPSA) is 87.7 Å². The summed E-state index contributed by atoms with van der Waals surface area (Å²) in [6.45, 7) is 2.26. The van der Waals surface area contributed by atoms with E-state index in [0.717, 1.165) is 12.0 Å². The summed E-state index contributed by atoms with van der Waals surface area (Å²) < 4.78 is 0. The van der Waals surface area contributed by atoms with E-state index in [1.54, 1.807) is 25.3 Å². The fourth-order valence-corrected chi connectivity index (χ4v) is 2.66. The van der Waals surface area contributed by atoms with Gasteiger partial charge in [-0.15, -0.1) is 0 Å². The Hall–Kier alpha value is -3.28. The number of hydrogen-bond donors (Lipinski definition) is 2. The quantitative estimate of drug-likeness (QED) is 0.714. The molecule has 132 valence electrons. The summed E-state index contributed by atoms with van der Waals surface area (Å²) in [7, 11) is 0. The monoisotopic (exact) mass is 348 g/mol. The van der Waals surface area contributed by atoms with Crippen molar-refractivity contribution in [2.45, 2.75) is 19.8 Å². The second kappa shape index (κ2) is 8.20. The fourth-order valence-electron chi connectivity index (χ4n) is 2.66. The third kappa shape index (κ3) is 4.42. The van der Waals surface area contributed by atoms with Gasteiger partial charge in [-0.3, -0.25) is 14.6 Å². The maximum atomic E-state index is 12.4. The van der Waals surface area contributed by atoms with Gasteiger partial charge in [-0.05, 0) is 31.0 Å². The number of nitrogens with zero attached hydrogens (tertiary/aromatic N) is 2. The number of aromatic amines is 1. The van der Waals surface area contributed by atoms with E-state index < -0.39 is 0 Å². The lowest BCUT2D eigenvalue weighted by Gasteiger charge is -2.08. The Morgan fingerprint density at radius 2 is 1.88 bits per heavy atom. The van der Waals surface area contributed by atoms with Crippen molar-refractivity contribution in [3.8, 4) is 11.5 Å². The number of aryl methyl sites for hydroxylation is 1. The van der Waals surface area contributed by atoms with Crippen LogP contribution in [0.3, 0.4) is 0 Å². The summed E-state index contributed by atoms with van der Waals surface area (Å²) in [5, 5.41) is 2.85. The van der Waals surface area contributed by atoms with Crippen molar-refractivity contribution in [2.24, 2.45) is 0 Å². The Balaban J connectivity index is 1.64. The highest BCUT2D eigenvalue weighted by Gasteiger charge is 2.13. The first-order valence-corrected chi connectivity index (χ1v) is 8.45. The first-order chi connectivity index (χ1) is 12.6. The molecule has 0 saturated carbocycles. The number of benzene rings is 1. The number of carbonyl (C=O) groups is 1. The molecule has 0 aliphatic heterocycles. The van der Waals surface area contributed by atoms with Crippen LogP contribution in [0.15, 0.2) is 59.5 Å². The van der Waals surface area contributed by atoms with Crippen LogP contribution in [0.1, 0.15) is 16.8 Å². The molecule has 2 aromatic heterocycles. The Morgan fingerprint density at radius 1 is 1.12 bits per heavy atom. The number of nitrogens with one attached hydrogen (secondary N) is 2. The molecule has 6 nitrogen and oxygen atoms in total. The molecule has 0 aliphatic carbocycles. The highest BCUT2D eigenvalue weighted by molar-refractivity contribution is 5.78. The number of pyridine rings is 1. The summed E-state index contributed by atoms with van der Waals surface area (Å²) in [6, 6.07) is 15.3. The maximum absolute atomic E-state index is 12.4. The lowest BCUT2D eigenvalue weighted by molar-refractivity contribution is -0.120. The van der Waals surface area contributed by atoms with Gasteiger partial charge in [0.25, 0.3) is 5.56 Å². The van der Waals surface area contributed by atoms with Crippen LogP contribution in [-0.4, -0.2) is 27.4 Å². The van der Waals surface area contributed by atoms with Crippen LogP contribution < -0.4 is 10.9 Å². The van der Waals surface area contributed by atoms with Crippen LogP contribution in [0.4, 0.5) is 0 Å². The molecule has 26 heavy (non-hydrogen) atoms. The minimum atomic E-state index is -0.309. The first kappa shape index (κ1) is 17.5. The Bertz CT molecular complexity index is 937. The molecule has 6 heteroatoms. The zero-order valence-electron chi connectivity index (χ0n) is 14.5. The van der Waals surface area contributed by atoms with Gasteiger partial charge in [0.2, 0.25) is 5.91 Å². The molecule has 0 bridgehead atoms. The smallest absolute Gasteiger partial charge is 0.255 e. The molecule has 0 unspecified atom stereocenters. The summed E-state index contributed by atoms with van der Waals surface area (Å²) in [4.78, 5) is 35.8. The largest absolute Gasteiger partial charge is 0.355 e. The minimum Gasteiger partial charge on any atom is -0.355 e. The van der Waals surface area contributed by atoms with Crippen LogP contribution in [0.2, 0.25) is 0 Å². The van der Waals surface area contributed by atoms with E-state index in [0.29, 0.717) is 29.3 Å². The van der Waals surface area contributed by atoms with Gasteiger partial charge in [-0.1, -0.05) is 36.4 Å². The van der Waals surface area contributed by atoms with Crippen LogP contribution in [0.5, 0.6) is 0 Å². The van der Waals surface area contributed by atoms with Gasteiger partial charge in [0, 0.05) is 24.0 Å². The molecular formula is C20H20N4O2. The van der Waals surface area contributed by atoms with Gasteiger partial charge in [-0.2, -0.15) is 0 Å². The van der Waals surface area contributed by atoms with E-state index in [-0.39, 0.29) is 17.9 Å². The number of H-pyrrole nitrogens is 1. The number of carbonyl (C=O) groups excluding carboxylic acids is 1.